The summed E-state index contributed by atoms with van der Waals surface area (Å²) in [6.07, 6.45) is 9.92. The van der Waals surface area contributed by atoms with Gasteiger partial charge >= 0.3 is 0 Å². The van der Waals surface area contributed by atoms with E-state index in [1.807, 2.05) is 6.07 Å². The van der Waals surface area contributed by atoms with E-state index in [0.717, 1.165) is 40.7 Å². The highest BCUT2D eigenvalue weighted by Gasteiger charge is 2.27. The predicted octanol–water partition coefficient (Wildman–Crippen LogP) is 5.61. The number of fused-ring (bicyclic) bond motifs is 4. The topological polar surface area (TPSA) is 40.8 Å². The van der Waals surface area contributed by atoms with E-state index in [1.54, 1.807) is 24.3 Å². The maximum atomic E-state index is 6.03. The summed E-state index contributed by atoms with van der Waals surface area (Å²) in [4.78, 5) is 0. The summed E-state index contributed by atoms with van der Waals surface area (Å²) < 4.78 is 25.9. The number of rotatable bonds is 12. The van der Waals surface area contributed by atoms with E-state index in [1.165, 1.54) is 5.56 Å². The minimum Gasteiger partial charge on any atom is -0.486 e. The highest BCUT2D eigenvalue weighted by molar-refractivity contribution is 5.91. The largest absolute Gasteiger partial charge is 0.486 e. The molecule has 0 saturated carbocycles. The van der Waals surface area contributed by atoms with Gasteiger partial charge in [0.1, 0.15) is 26.4 Å². The minimum absolute atomic E-state index is 0.394. The molecule has 3 aromatic rings. The number of aromatic nitrogens is 1. The van der Waals surface area contributed by atoms with E-state index in [0.29, 0.717) is 43.7 Å². The van der Waals surface area contributed by atoms with Gasteiger partial charge in [0.2, 0.25) is 5.69 Å². The standard InChI is InChI=1S/C29H30NO4/c1-5-13-31-26-10-9-21-17-25-23-19-28(33-15-7-3)27(32-14-6-2)18-22(23)11-12-30(25)20-24(21)29(26)34-16-8-4/h5-10,17-20H,1-4,11-16H2/q+1. The molecule has 2 heterocycles. The van der Waals surface area contributed by atoms with E-state index in [4.69, 9.17) is 18.9 Å². The molecule has 0 aliphatic carbocycles. The van der Waals surface area contributed by atoms with E-state index in [2.05, 4.69) is 61.3 Å². The van der Waals surface area contributed by atoms with Crippen molar-refractivity contribution >= 4 is 10.8 Å². The van der Waals surface area contributed by atoms with Crippen LogP contribution in [-0.4, -0.2) is 26.4 Å². The molecule has 0 N–H and O–H groups in total. The third kappa shape index (κ3) is 4.69. The molecule has 1 aliphatic heterocycles. The van der Waals surface area contributed by atoms with Gasteiger partial charge < -0.3 is 18.9 Å². The van der Waals surface area contributed by atoms with Gasteiger partial charge in [-0.2, -0.15) is 4.57 Å². The van der Waals surface area contributed by atoms with Crippen molar-refractivity contribution < 1.29 is 23.5 Å². The Bertz CT molecular complexity index is 1240. The van der Waals surface area contributed by atoms with Crippen molar-refractivity contribution in [3.63, 3.8) is 0 Å². The van der Waals surface area contributed by atoms with Crippen molar-refractivity contribution in [2.24, 2.45) is 0 Å². The molecule has 0 radical (unpaired) electrons. The number of benzene rings is 2. The SMILES string of the molecule is C=CCOc1cc2c(cc1OCC=C)-c1cc3ccc(OCC=C)c(OCC=C)c3c[n+]1CC2. The highest BCUT2D eigenvalue weighted by atomic mass is 16.5. The normalized spacial score (nSPS) is 11.6. The van der Waals surface area contributed by atoms with Gasteiger partial charge in [0.15, 0.2) is 35.7 Å². The molecule has 0 fully saturated rings. The van der Waals surface area contributed by atoms with Crippen LogP contribution in [0, 0.1) is 0 Å². The van der Waals surface area contributed by atoms with E-state index >= 15 is 0 Å². The third-order valence-corrected chi connectivity index (χ3v) is 5.56. The van der Waals surface area contributed by atoms with Gasteiger partial charge in [0.25, 0.3) is 0 Å². The Hall–Kier alpha value is -3.99. The van der Waals surface area contributed by atoms with Gasteiger partial charge in [0.05, 0.1) is 10.9 Å². The number of nitrogens with zero attached hydrogens (tertiary/aromatic N) is 1. The van der Waals surface area contributed by atoms with Gasteiger partial charge in [0, 0.05) is 12.5 Å². The Morgan fingerprint density at radius 1 is 0.735 bits per heavy atom. The molecular formula is C29H30NO4+. The molecule has 0 unspecified atom stereocenters. The summed E-state index contributed by atoms with van der Waals surface area (Å²) >= 11 is 0. The molecular weight excluding hydrogens is 426 g/mol. The van der Waals surface area contributed by atoms with E-state index in [-0.39, 0.29) is 0 Å². The fourth-order valence-electron chi connectivity index (χ4n) is 4.09. The average molecular weight is 457 g/mol. The molecule has 174 valence electrons. The number of hydrogen-bond donors (Lipinski definition) is 0. The Morgan fingerprint density at radius 3 is 2.03 bits per heavy atom. The average Bonchev–Trinajstić information content (AvgIpc) is 2.87. The zero-order valence-corrected chi connectivity index (χ0v) is 19.4. The van der Waals surface area contributed by atoms with Crippen molar-refractivity contribution in [3.05, 3.63) is 92.7 Å². The van der Waals surface area contributed by atoms with Crippen LogP contribution in [0.15, 0.2) is 87.1 Å². The van der Waals surface area contributed by atoms with E-state index < -0.39 is 0 Å². The maximum Gasteiger partial charge on any atom is 0.213 e. The van der Waals surface area contributed by atoms with E-state index in [9.17, 15) is 0 Å². The first-order chi connectivity index (χ1) is 16.7. The van der Waals surface area contributed by atoms with Crippen molar-refractivity contribution in [1.82, 2.24) is 0 Å². The molecule has 4 rings (SSSR count). The molecule has 0 bridgehead atoms. The van der Waals surface area contributed by atoms with Crippen LogP contribution in [-0.2, 0) is 13.0 Å². The van der Waals surface area contributed by atoms with Gasteiger partial charge in [-0.3, -0.25) is 0 Å². The first-order valence-corrected chi connectivity index (χ1v) is 11.3. The highest BCUT2D eigenvalue weighted by Crippen LogP contribution is 2.40. The number of pyridine rings is 1. The lowest BCUT2D eigenvalue weighted by Crippen LogP contribution is -2.40. The molecule has 0 atom stereocenters. The quantitative estimate of drug-likeness (QED) is 0.262. The zero-order chi connectivity index (χ0) is 23.9. The van der Waals surface area contributed by atoms with Crippen molar-refractivity contribution in [1.29, 1.82) is 0 Å². The molecule has 0 saturated heterocycles. The fourth-order valence-corrected chi connectivity index (χ4v) is 4.09. The Kier molecular flexibility index (Phi) is 7.33. The summed E-state index contributed by atoms with van der Waals surface area (Å²) in [5.74, 6) is 2.81. The summed E-state index contributed by atoms with van der Waals surface area (Å²) in [7, 11) is 0. The van der Waals surface area contributed by atoms with Crippen LogP contribution in [0.1, 0.15) is 5.56 Å². The lowest BCUT2D eigenvalue weighted by atomic mass is 9.95. The minimum atomic E-state index is 0.394. The van der Waals surface area contributed by atoms with Crippen LogP contribution < -0.4 is 23.5 Å². The van der Waals surface area contributed by atoms with Crippen molar-refractivity contribution in [2.75, 3.05) is 26.4 Å². The van der Waals surface area contributed by atoms with Gasteiger partial charge in [-0.1, -0.05) is 50.6 Å². The molecule has 1 aromatic heterocycles. The monoisotopic (exact) mass is 456 g/mol. The van der Waals surface area contributed by atoms with Crippen LogP contribution in [0.4, 0.5) is 0 Å². The number of ether oxygens (including phenoxy) is 4. The molecule has 2 aromatic carbocycles. The molecule has 5 nitrogen and oxygen atoms in total. The van der Waals surface area contributed by atoms with Crippen LogP contribution in [0.3, 0.4) is 0 Å². The molecule has 34 heavy (non-hydrogen) atoms. The van der Waals surface area contributed by atoms with Crippen LogP contribution in [0.2, 0.25) is 0 Å². The summed E-state index contributed by atoms with van der Waals surface area (Å²) in [5, 5.41) is 2.05. The molecule has 0 spiro atoms. The molecule has 0 amide bonds. The van der Waals surface area contributed by atoms with Crippen LogP contribution >= 0.6 is 0 Å². The summed E-state index contributed by atoms with van der Waals surface area (Å²) in [6, 6.07) is 10.3. The lowest BCUT2D eigenvalue weighted by molar-refractivity contribution is -0.686. The van der Waals surface area contributed by atoms with Crippen molar-refractivity contribution in [2.45, 2.75) is 13.0 Å². The second kappa shape index (κ2) is 10.8. The molecule has 1 aliphatic rings. The van der Waals surface area contributed by atoms with Gasteiger partial charge in [-0.25, -0.2) is 0 Å². The van der Waals surface area contributed by atoms with Gasteiger partial charge in [-0.15, -0.1) is 0 Å². The number of hydrogen-bond acceptors (Lipinski definition) is 4. The van der Waals surface area contributed by atoms with Crippen LogP contribution in [0.25, 0.3) is 22.0 Å². The third-order valence-electron chi connectivity index (χ3n) is 5.56. The summed E-state index contributed by atoms with van der Waals surface area (Å²) in [5.41, 5.74) is 3.46. The second-order valence-electron chi connectivity index (χ2n) is 7.85. The van der Waals surface area contributed by atoms with Gasteiger partial charge in [-0.05, 0) is 35.2 Å². The second-order valence-corrected chi connectivity index (χ2v) is 7.85. The fraction of sp³-hybridized carbons (Fsp3) is 0.207. The Balaban J connectivity index is 1.83. The lowest BCUT2D eigenvalue weighted by Gasteiger charge is -2.20. The molecule has 5 heteroatoms. The Labute approximate surface area is 200 Å². The maximum absolute atomic E-state index is 6.03. The summed E-state index contributed by atoms with van der Waals surface area (Å²) in [6.45, 7) is 17.5. The zero-order valence-electron chi connectivity index (χ0n) is 19.4. The first kappa shape index (κ1) is 23.2. The number of aryl methyl sites for hydroxylation is 2. The van der Waals surface area contributed by atoms with Crippen molar-refractivity contribution in [3.8, 4) is 34.3 Å². The smallest absolute Gasteiger partial charge is 0.213 e. The Morgan fingerprint density at radius 2 is 1.35 bits per heavy atom. The van der Waals surface area contributed by atoms with Crippen LogP contribution in [0.5, 0.6) is 23.0 Å². The first-order valence-electron chi connectivity index (χ1n) is 11.3. The predicted molar refractivity (Wildman–Crippen MR) is 136 cm³/mol.